The fraction of sp³-hybridized carbons (Fsp3) is 0.133. The lowest BCUT2D eigenvalue weighted by molar-refractivity contribution is 0.818. The van der Waals surface area contributed by atoms with E-state index < -0.39 is 0 Å². The first-order chi connectivity index (χ1) is 10.1. The Morgan fingerprint density at radius 2 is 2.00 bits per heavy atom. The van der Waals surface area contributed by atoms with Gasteiger partial charge in [0.15, 0.2) is 0 Å². The van der Waals surface area contributed by atoms with E-state index >= 15 is 0 Å². The van der Waals surface area contributed by atoms with Crippen molar-refractivity contribution in [2.24, 2.45) is 5.10 Å². The third kappa shape index (κ3) is 2.62. The zero-order chi connectivity index (χ0) is 15.0. The maximum Gasteiger partial charge on any atom is 0.282 e. The highest BCUT2D eigenvalue weighted by atomic mass is 35.5. The summed E-state index contributed by atoms with van der Waals surface area (Å²) >= 11 is 7.36. The number of benzene rings is 1. The molecule has 6 heteroatoms. The third-order valence-corrected chi connectivity index (χ3v) is 4.64. The summed E-state index contributed by atoms with van der Waals surface area (Å²) < 4.78 is 1.26. The second kappa shape index (κ2) is 5.42. The van der Waals surface area contributed by atoms with Gasteiger partial charge in [0, 0.05) is 9.90 Å². The molecule has 106 valence electrons. The van der Waals surface area contributed by atoms with E-state index in [0.29, 0.717) is 10.4 Å². The van der Waals surface area contributed by atoms with E-state index in [2.05, 4.69) is 10.1 Å². The maximum atomic E-state index is 12.4. The molecule has 21 heavy (non-hydrogen) atoms. The van der Waals surface area contributed by atoms with E-state index in [-0.39, 0.29) is 5.56 Å². The normalized spacial score (nSPS) is 11.6. The molecule has 0 unspecified atom stereocenters. The van der Waals surface area contributed by atoms with Gasteiger partial charge in [-0.15, -0.1) is 11.3 Å². The van der Waals surface area contributed by atoms with Crippen molar-refractivity contribution in [3.8, 4) is 0 Å². The molecule has 2 heterocycles. The molecule has 0 amide bonds. The van der Waals surface area contributed by atoms with Crippen LogP contribution in [0.15, 0.2) is 40.5 Å². The number of halogens is 1. The lowest BCUT2D eigenvalue weighted by Crippen LogP contribution is -2.16. The van der Waals surface area contributed by atoms with Crippen molar-refractivity contribution in [2.45, 2.75) is 13.8 Å². The van der Waals surface area contributed by atoms with Crippen LogP contribution in [0.25, 0.3) is 10.2 Å². The molecule has 0 bridgehead atoms. The Labute approximate surface area is 130 Å². The minimum absolute atomic E-state index is 0.146. The van der Waals surface area contributed by atoms with Crippen molar-refractivity contribution in [2.75, 3.05) is 0 Å². The Kier molecular flexibility index (Phi) is 3.61. The lowest BCUT2D eigenvalue weighted by atomic mass is 10.2. The van der Waals surface area contributed by atoms with E-state index in [9.17, 15) is 4.79 Å². The van der Waals surface area contributed by atoms with Crippen LogP contribution in [0.3, 0.4) is 0 Å². The van der Waals surface area contributed by atoms with Crippen molar-refractivity contribution in [3.05, 3.63) is 62.0 Å². The van der Waals surface area contributed by atoms with Crippen LogP contribution in [-0.4, -0.2) is 15.9 Å². The number of rotatable bonds is 2. The Bertz CT molecular complexity index is 894. The predicted octanol–water partition coefficient (Wildman–Crippen LogP) is 3.61. The number of aryl methyl sites for hydroxylation is 2. The van der Waals surface area contributed by atoms with E-state index in [0.717, 1.165) is 20.8 Å². The monoisotopic (exact) mass is 317 g/mol. The number of fused-ring (bicyclic) bond motifs is 1. The van der Waals surface area contributed by atoms with Crippen LogP contribution in [0.1, 0.15) is 16.0 Å². The van der Waals surface area contributed by atoms with Crippen LogP contribution in [0, 0.1) is 13.8 Å². The summed E-state index contributed by atoms with van der Waals surface area (Å²) in [6, 6.07) is 7.23. The van der Waals surface area contributed by atoms with Crippen molar-refractivity contribution in [3.63, 3.8) is 0 Å². The van der Waals surface area contributed by atoms with Crippen LogP contribution in [-0.2, 0) is 0 Å². The second-order valence-corrected chi connectivity index (χ2v) is 6.29. The first kappa shape index (κ1) is 14.0. The van der Waals surface area contributed by atoms with Gasteiger partial charge in [-0.25, -0.2) is 4.98 Å². The van der Waals surface area contributed by atoms with Crippen LogP contribution < -0.4 is 5.56 Å². The van der Waals surface area contributed by atoms with Crippen molar-refractivity contribution >= 4 is 39.4 Å². The molecule has 0 radical (unpaired) electrons. The van der Waals surface area contributed by atoms with Gasteiger partial charge in [0.05, 0.1) is 11.6 Å². The highest BCUT2D eigenvalue weighted by molar-refractivity contribution is 7.18. The third-order valence-electron chi connectivity index (χ3n) is 3.27. The fourth-order valence-corrected chi connectivity index (χ4v) is 3.10. The molecule has 1 aromatic carbocycles. The van der Waals surface area contributed by atoms with Gasteiger partial charge >= 0.3 is 0 Å². The molecular weight excluding hydrogens is 306 g/mol. The summed E-state index contributed by atoms with van der Waals surface area (Å²) in [7, 11) is 0. The van der Waals surface area contributed by atoms with Gasteiger partial charge in [-0.1, -0.05) is 23.7 Å². The molecule has 0 spiro atoms. The molecule has 3 rings (SSSR count). The molecule has 0 aliphatic rings. The lowest BCUT2D eigenvalue weighted by Gasteiger charge is -1.98. The number of nitrogens with zero attached hydrogens (tertiary/aromatic N) is 3. The topological polar surface area (TPSA) is 47.2 Å². The quantitative estimate of drug-likeness (QED) is 0.678. The summed E-state index contributed by atoms with van der Waals surface area (Å²) in [5.41, 5.74) is 1.69. The first-order valence-electron chi connectivity index (χ1n) is 6.33. The van der Waals surface area contributed by atoms with Gasteiger partial charge in [0.2, 0.25) is 0 Å². The van der Waals surface area contributed by atoms with E-state index in [1.807, 2.05) is 26.0 Å². The predicted molar refractivity (Wildman–Crippen MR) is 87.8 cm³/mol. The van der Waals surface area contributed by atoms with Gasteiger partial charge in [0.25, 0.3) is 5.56 Å². The molecule has 0 atom stereocenters. The summed E-state index contributed by atoms with van der Waals surface area (Å²) in [5, 5.41) is 5.49. The Hall–Kier alpha value is -1.98. The summed E-state index contributed by atoms with van der Waals surface area (Å²) in [6.45, 7) is 3.92. The minimum Gasteiger partial charge on any atom is -0.267 e. The molecule has 4 nitrogen and oxygen atoms in total. The standard InChI is InChI=1S/C15H12ClN3OS/c1-9-10(2)21-14-13(9)15(20)19(8-17-14)18-7-11-3-5-12(16)6-4-11/h3-8H,1-2H3/b18-7-. The van der Waals surface area contributed by atoms with Crippen LogP contribution in [0.5, 0.6) is 0 Å². The Morgan fingerprint density at radius 3 is 2.71 bits per heavy atom. The van der Waals surface area contributed by atoms with Crippen molar-refractivity contribution in [1.82, 2.24) is 9.66 Å². The molecular formula is C15H12ClN3OS. The minimum atomic E-state index is -0.146. The average molecular weight is 318 g/mol. The zero-order valence-electron chi connectivity index (χ0n) is 11.5. The van der Waals surface area contributed by atoms with Gasteiger partial charge in [0.1, 0.15) is 11.2 Å². The number of aromatic nitrogens is 2. The molecule has 0 saturated carbocycles. The van der Waals surface area contributed by atoms with Crippen molar-refractivity contribution in [1.29, 1.82) is 0 Å². The molecule has 0 saturated heterocycles. The molecule has 3 aromatic rings. The van der Waals surface area contributed by atoms with Gasteiger partial charge in [-0.3, -0.25) is 4.79 Å². The highest BCUT2D eigenvalue weighted by Gasteiger charge is 2.11. The number of hydrogen-bond donors (Lipinski definition) is 0. The zero-order valence-corrected chi connectivity index (χ0v) is 13.1. The average Bonchev–Trinajstić information content (AvgIpc) is 2.76. The van der Waals surface area contributed by atoms with Gasteiger partial charge in [-0.2, -0.15) is 9.78 Å². The summed E-state index contributed by atoms with van der Waals surface area (Å²) in [4.78, 5) is 18.6. The van der Waals surface area contributed by atoms with E-state index in [1.54, 1.807) is 18.3 Å². The van der Waals surface area contributed by atoms with Gasteiger partial charge < -0.3 is 0 Å². The molecule has 2 aromatic heterocycles. The van der Waals surface area contributed by atoms with Crippen LogP contribution >= 0.6 is 22.9 Å². The van der Waals surface area contributed by atoms with Crippen LogP contribution in [0.2, 0.25) is 5.02 Å². The number of hydrogen-bond acceptors (Lipinski definition) is 4. The molecule has 0 fully saturated rings. The molecule has 0 aliphatic heterocycles. The fourth-order valence-electron chi connectivity index (χ4n) is 1.99. The first-order valence-corrected chi connectivity index (χ1v) is 7.53. The Balaban J connectivity index is 2.05. The van der Waals surface area contributed by atoms with Crippen molar-refractivity contribution < 1.29 is 0 Å². The van der Waals surface area contributed by atoms with E-state index in [1.165, 1.54) is 22.3 Å². The van der Waals surface area contributed by atoms with Gasteiger partial charge in [-0.05, 0) is 37.1 Å². The number of thiophene rings is 1. The van der Waals surface area contributed by atoms with E-state index in [4.69, 9.17) is 11.6 Å². The SMILES string of the molecule is Cc1sc2ncn(/N=C\c3ccc(Cl)cc3)c(=O)c2c1C. The maximum absolute atomic E-state index is 12.4. The summed E-state index contributed by atoms with van der Waals surface area (Å²) in [5.74, 6) is 0. The molecule has 0 N–H and O–H groups in total. The molecule has 0 aliphatic carbocycles. The summed E-state index contributed by atoms with van der Waals surface area (Å²) in [6.07, 6.45) is 3.06. The largest absolute Gasteiger partial charge is 0.282 e. The second-order valence-electron chi connectivity index (χ2n) is 4.65. The van der Waals surface area contributed by atoms with Crippen LogP contribution in [0.4, 0.5) is 0 Å². The smallest absolute Gasteiger partial charge is 0.267 e. The highest BCUT2D eigenvalue weighted by Crippen LogP contribution is 2.25. The Morgan fingerprint density at radius 1 is 1.29 bits per heavy atom.